The molecule has 168 valence electrons. The molecule has 0 radical (unpaired) electrons. The zero-order valence-corrected chi connectivity index (χ0v) is 20.3. The lowest BCUT2D eigenvalue weighted by Crippen LogP contribution is -2.46. The molecule has 0 saturated carbocycles. The Balaban J connectivity index is 0.00000289. The van der Waals surface area contributed by atoms with Crippen LogP contribution in [0.2, 0.25) is 0 Å². The number of benzene rings is 3. The van der Waals surface area contributed by atoms with E-state index in [4.69, 9.17) is 0 Å². The van der Waals surface area contributed by atoms with Crippen molar-refractivity contribution >= 4 is 24.0 Å². The first kappa shape index (κ1) is 24.0. The van der Waals surface area contributed by atoms with Crippen molar-refractivity contribution < 1.29 is 4.79 Å². The molecule has 0 aliphatic carbocycles. The molecule has 1 fully saturated rings. The molecule has 3 aromatic rings. The van der Waals surface area contributed by atoms with Crippen LogP contribution in [0, 0.1) is 27.7 Å². The summed E-state index contributed by atoms with van der Waals surface area (Å²) in [5, 5.41) is 3.42. The van der Waals surface area contributed by atoms with Crippen molar-refractivity contribution in [3.63, 3.8) is 0 Å². The smallest absolute Gasteiger partial charge is 0.258 e. The molecule has 32 heavy (non-hydrogen) atoms. The molecule has 3 aromatic carbocycles. The normalized spacial score (nSPS) is 14.0. The second-order valence-corrected chi connectivity index (χ2v) is 8.81. The van der Waals surface area contributed by atoms with E-state index in [0.29, 0.717) is 0 Å². The first-order valence-corrected chi connectivity index (χ1v) is 11.2. The average Bonchev–Trinajstić information content (AvgIpc) is 2.79. The van der Waals surface area contributed by atoms with Gasteiger partial charge in [0.15, 0.2) is 0 Å². The lowest BCUT2D eigenvalue weighted by Gasteiger charge is -2.35. The second kappa shape index (κ2) is 10.3. The van der Waals surface area contributed by atoms with Crippen LogP contribution < -0.4 is 10.2 Å². The van der Waals surface area contributed by atoms with E-state index in [-0.39, 0.29) is 24.4 Å². The van der Waals surface area contributed by atoms with Crippen LogP contribution in [-0.2, 0) is 0 Å². The molecule has 1 amide bonds. The Labute approximate surface area is 198 Å². The highest BCUT2D eigenvalue weighted by atomic mass is 35.5. The number of halogens is 1. The van der Waals surface area contributed by atoms with Gasteiger partial charge in [0, 0.05) is 17.3 Å². The van der Waals surface area contributed by atoms with Gasteiger partial charge >= 0.3 is 0 Å². The van der Waals surface area contributed by atoms with Gasteiger partial charge in [0.25, 0.3) is 5.91 Å². The van der Waals surface area contributed by atoms with Crippen molar-refractivity contribution in [3.8, 4) is 11.1 Å². The van der Waals surface area contributed by atoms with Gasteiger partial charge in [0.1, 0.15) is 0 Å². The van der Waals surface area contributed by atoms with Crippen LogP contribution in [0.5, 0.6) is 0 Å². The predicted octanol–water partition coefficient (Wildman–Crippen LogP) is 6.41. The van der Waals surface area contributed by atoms with Gasteiger partial charge in [-0.3, -0.25) is 4.79 Å². The molecular formula is C28H33ClN2O. The van der Waals surface area contributed by atoms with E-state index < -0.39 is 0 Å². The van der Waals surface area contributed by atoms with Gasteiger partial charge in [-0.05, 0) is 106 Å². The Morgan fingerprint density at radius 1 is 0.844 bits per heavy atom. The first-order chi connectivity index (χ1) is 14.9. The van der Waals surface area contributed by atoms with Gasteiger partial charge < -0.3 is 10.2 Å². The summed E-state index contributed by atoms with van der Waals surface area (Å²) < 4.78 is 0. The summed E-state index contributed by atoms with van der Waals surface area (Å²) in [6, 6.07) is 21.1. The number of aryl methyl sites for hydroxylation is 3. The highest BCUT2D eigenvalue weighted by molar-refractivity contribution is 6.07. The number of nitrogens with zero attached hydrogens (tertiary/aromatic N) is 1. The Hall–Kier alpha value is -2.62. The number of amides is 1. The van der Waals surface area contributed by atoms with Gasteiger partial charge in [-0.15, -0.1) is 12.4 Å². The maximum atomic E-state index is 13.8. The van der Waals surface area contributed by atoms with Crippen LogP contribution >= 0.6 is 12.4 Å². The largest absolute Gasteiger partial charge is 0.317 e. The van der Waals surface area contributed by atoms with E-state index >= 15 is 0 Å². The Bertz CT molecular complexity index is 1060. The third-order valence-electron chi connectivity index (χ3n) is 6.57. The zero-order chi connectivity index (χ0) is 22.0. The van der Waals surface area contributed by atoms with Crippen LogP contribution in [0.3, 0.4) is 0 Å². The second-order valence-electron chi connectivity index (χ2n) is 8.81. The molecule has 0 spiro atoms. The van der Waals surface area contributed by atoms with Crippen LogP contribution in [0.1, 0.15) is 45.5 Å². The molecule has 1 N–H and O–H groups in total. The predicted molar refractivity (Wildman–Crippen MR) is 137 cm³/mol. The van der Waals surface area contributed by atoms with E-state index in [1.165, 1.54) is 27.8 Å². The maximum absolute atomic E-state index is 13.8. The van der Waals surface area contributed by atoms with Gasteiger partial charge in [-0.25, -0.2) is 0 Å². The minimum absolute atomic E-state index is 0. The highest BCUT2D eigenvalue weighted by Crippen LogP contribution is 2.28. The fourth-order valence-electron chi connectivity index (χ4n) is 4.44. The fourth-order valence-corrected chi connectivity index (χ4v) is 4.44. The van der Waals surface area contributed by atoms with Crippen molar-refractivity contribution in [2.24, 2.45) is 0 Å². The van der Waals surface area contributed by atoms with Gasteiger partial charge in [-0.2, -0.15) is 0 Å². The van der Waals surface area contributed by atoms with E-state index in [1.807, 2.05) is 23.1 Å². The number of rotatable bonds is 4. The lowest BCUT2D eigenvalue weighted by atomic mass is 9.95. The first-order valence-electron chi connectivity index (χ1n) is 11.2. The molecular weight excluding hydrogens is 416 g/mol. The van der Waals surface area contributed by atoms with Gasteiger partial charge in [0.2, 0.25) is 0 Å². The van der Waals surface area contributed by atoms with Crippen molar-refractivity contribution in [2.75, 3.05) is 18.0 Å². The third-order valence-corrected chi connectivity index (χ3v) is 6.57. The molecule has 4 heteroatoms. The summed E-state index contributed by atoms with van der Waals surface area (Å²) in [6.45, 7) is 10.4. The minimum atomic E-state index is 0. The Morgan fingerprint density at radius 2 is 1.47 bits per heavy atom. The average molecular weight is 449 g/mol. The molecule has 0 aromatic heterocycles. The summed E-state index contributed by atoms with van der Waals surface area (Å²) >= 11 is 0. The molecule has 1 heterocycles. The van der Waals surface area contributed by atoms with Crippen molar-refractivity contribution in [1.29, 1.82) is 0 Å². The number of piperidine rings is 1. The Morgan fingerprint density at radius 3 is 2.09 bits per heavy atom. The van der Waals surface area contributed by atoms with E-state index in [1.54, 1.807) is 0 Å². The van der Waals surface area contributed by atoms with Crippen LogP contribution in [-0.4, -0.2) is 25.0 Å². The summed E-state index contributed by atoms with van der Waals surface area (Å²) in [5.41, 5.74) is 9.07. The van der Waals surface area contributed by atoms with E-state index in [2.05, 4.69) is 75.5 Å². The molecule has 1 aliphatic rings. The van der Waals surface area contributed by atoms with Crippen molar-refractivity contribution in [1.82, 2.24) is 5.32 Å². The van der Waals surface area contributed by atoms with Crippen LogP contribution in [0.15, 0.2) is 60.7 Å². The fraction of sp³-hybridized carbons (Fsp3) is 0.321. The minimum Gasteiger partial charge on any atom is -0.317 e. The molecule has 0 atom stereocenters. The lowest BCUT2D eigenvalue weighted by molar-refractivity contribution is 0.0972. The number of carbonyl (C=O) groups is 1. The van der Waals surface area contributed by atoms with Gasteiger partial charge in [0.05, 0.1) is 0 Å². The van der Waals surface area contributed by atoms with E-state index in [0.717, 1.165) is 42.7 Å². The summed E-state index contributed by atoms with van der Waals surface area (Å²) in [6.07, 6.45) is 1.94. The molecule has 1 saturated heterocycles. The number of hydrogen-bond donors (Lipinski definition) is 1. The number of carbonyl (C=O) groups excluding carboxylic acids is 1. The molecule has 1 aliphatic heterocycles. The molecule has 0 unspecified atom stereocenters. The van der Waals surface area contributed by atoms with Crippen molar-refractivity contribution in [2.45, 2.75) is 46.6 Å². The van der Waals surface area contributed by atoms with Crippen molar-refractivity contribution in [3.05, 3.63) is 88.5 Å². The van der Waals surface area contributed by atoms with Crippen LogP contribution in [0.25, 0.3) is 11.1 Å². The summed E-state index contributed by atoms with van der Waals surface area (Å²) in [7, 11) is 0. The quantitative estimate of drug-likeness (QED) is 0.500. The standard InChI is InChI=1S/C28H32N2O.ClH/c1-19-8-10-26(11-9-19)30(27-12-14-29-15-13-27)28(31)24-7-5-6-23(18-24)25-16-20(2)22(4)21(3)17-25;/h5-11,16-18,27,29H,12-15H2,1-4H3;1H. The number of hydrogen-bond acceptors (Lipinski definition) is 2. The summed E-state index contributed by atoms with van der Waals surface area (Å²) in [5.74, 6) is 0.0816. The third kappa shape index (κ3) is 5.06. The highest BCUT2D eigenvalue weighted by Gasteiger charge is 2.28. The Kier molecular flexibility index (Phi) is 7.76. The number of anilines is 1. The molecule has 0 bridgehead atoms. The maximum Gasteiger partial charge on any atom is 0.258 e. The summed E-state index contributed by atoms with van der Waals surface area (Å²) in [4.78, 5) is 15.8. The van der Waals surface area contributed by atoms with E-state index in [9.17, 15) is 4.79 Å². The SMILES string of the molecule is Cc1ccc(N(C(=O)c2cccc(-c3cc(C)c(C)c(C)c3)c2)C2CCNCC2)cc1.Cl. The zero-order valence-electron chi connectivity index (χ0n) is 19.4. The molecule has 4 rings (SSSR count). The monoisotopic (exact) mass is 448 g/mol. The van der Waals surface area contributed by atoms with Gasteiger partial charge in [-0.1, -0.05) is 42.0 Å². The van der Waals surface area contributed by atoms with Crippen LogP contribution in [0.4, 0.5) is 5.69 Å². The number of nitrogens with one attached hydrogen (secondary N) is 1. The topological polar surface area (TPSA) is 32.3 Å². The molecule has 3 nitrogen and oxygen atoms in total.